The van der Waals surface area contributed by atoms with E-state index in [1.165, 1.54) is 18.3 Å². The summed E-state index contributed by atoms with van der Waals surface area (Å²) in [6.45, 7) is -0.479. The highest BCUT2D eigenvalue weighted by Crippen LogP contribution is 2.21. The standard InChI is InChI=1S/C17H16BrN3O5S/c1-27(25,26)21(14-7-4-6-13(18)9-14)11-16(22)20-19-10-12-5-2-3-8-15(12)17(23)24/h2-10H,11H2,1H3,(H,20,22)(H,23,24)/b19-10-. The van der Waals surface area contributed by atoms with Crippen LogP contribution in [0.25, 0.3) is 0 Å². The number of hydrogen-bond acceptors (Lipinski definition) is 5. The molecule has 0 fully saturated rings. The van der Waals surface area contributed by atoms with Crippen LogP contribution in [0, 0.1) is 0 Å². The van der Waals surface area contributed by atoms with Crippen LogP contribution in [-0.4, -0.2) is 44.4 Å². The summed E-state index contributed by atoms with van der Waals surface area (Å²) in [4.78, 5) is 23.2. The summed E-state index contributed by atoms with van der Waals surface area (Å²) >= 11 is 3.26. The number of benzene rings is 2. The number of aromatic carboxylic acids is 1. The van der Waals surface area contributed by atoms with Crippen LogP contribution in [0.1, 0.15) is 15.9 Å². The summed E-state index contributed by atoms with van der Waals surface area (Å²) in [5.41, 5.74) is 2.86. The Balaban J connectivity index is 2.12. The number of hydrogen-bond donors (Lipinski definition) is 2. The normalized spacial score (nSPS) is 11.3. The summed E-state index contributed by atoms with van der Waals surface area (Å²) in [7, 11) is -3.70. The third kappa shape index (κ3) is 5.90. The Bertz CT molecular complexity index is 992. The minimum Gasteiger partial charge on any atom is -0.478 e. The average Bonchev–Trinajstić information content (AvgIpc) is 2.59. The molecule has 0 spiro atoms. The highest BCUT2D eigenvalue weighted by atomic mass is 79.9. The van der Waals surface area contributed by atoms with Gasteiger partial charge in [-0.2, -0.15) is 5.10 Å². The van der Waals surface area contributed by atoms with E-state index in [-0.39, 0.29) is 5.56 Å². The van der Waals surface area contributed by atoms with E-state index in [9.17, 15) is 18.0 Å². The third-order valence-electron chi connectivity index (χ3n) is 3.37. The van der Waals surface area contributed by atoms with Crippen LogP contribution in [0.5, 0.6) is 0 Å². The number of carboxylic acids is 1. The van der Waals surface area contributed by atoms with E-state index in [1.54, 1.807) is 36.4 Å². The van der Waals surface area contributed by atoms with Crippen molar-refractivity contribution in [1.82, 2.24) is 5.43 Å². The Hall–Kier alpha value is -2.72. The fourth-order valence-corrected chi connectivity index (χ4v) is 3.41. The number of nitrogens with one attached hydrogen (secondary N) is 1. The fraction of sp³-hybridized carbons (Fsp3) is 0.118. The average molecular weight is 454 g/mol. The predicted molar refractivity (Wildman–Crippen MR) is 105 cm³/mol. The van der Waals surface area contributed by atoms with Gasteiger partial charge in [0.25, 0.3) is 5.91 Å². The van der Waals surface area contributed by atoms with E-state index in [0.717, 1.165) is 10.6 Å². The quantitative estimate of drug-likeness (QED) is 0.491. The number of rotatable bonds is 7. The lowest BCUT2D eigenvalue weighted by atomic mass is 10.1. The second-order valence-electron chi connectivity index (χ2n) is 5.44. The summed E-state index contributed by atoms with van der Waals surface area (Å²) in [5.74, 6) is -1.80. The lowest BCUT2D eigenvalue weighted by Crippen LogP contribution is -2.39. The number of carbonyl (C=O) groups is 2. The van der Waals surface area contributed by atoms with Crippen LogP contribution in [0.3, 0.4) is 0 Å². The van der Waals surface area contributed by atoms with Gasteiger partial charge in [0, 0.05) is 10.0 Å². The van der Waals surface area contributed by atoms with Crippen LogP contribution in [-0.2, 0) is 14.8 Å². The lowest BCUT2D eigenvalue weighted by Gasteiger charge is -2.21. The molecule has 0 heterocycles. The van der Waals surface area contributed by atoms with Gasteiger partial charge in [-0.15, -0.1) is 0 Å². The van der Waals surface area contributed by atoms with E-state index in [0.29, 0.717) is 15.7 Å². The second kappa shape index (κ2) is 8.78. The molecule has 0 unspecified atom stereocenters. The van der Waals surface area contributed by atoms with Gasteiger partial charge in [-0.25, -0.2) is 18.6 Å². The topological polar surface area (TPSA) is 116 Å². The van der Waals surface area contributed by atoms with Gasteiger partial charge in [-0.3, -0.25) is 9.10 Å². The van der Waals surface area contributed by atoms with Gasteiger partial charge in [0.15, 0.2) is 0 Å². The number of carbonyl (C=O) groups excluding carboxylic acids is 1. The second-order valence-corrected chi connectivity index (χ2v) is 8.26. The van der Waals surface area contributed by atoms with E-state index in [1.807, 2.05) is 0 Å². The minimum absolute atomic E-state index is 0.0300. The predicted octanol–water partition coefficient (Wildman–Crippen LogP) is 2.06. The van der Waals surface area contributed by atoms with Crippen LogP contribution in [0.2, 0.25) is 0 Å². The molecule has 10 heteroatoms. The van der Waals surface area contributed by atoms with Crippen molar-refractivity contribution in [2.75, 3.05) is 17.1 Å². The molecule has 8 nitrogen and oxygen atoms in total. The van der Waals surface area contributed by atoms with E-state index >= 15 is 0 Å². The molecule has 0 bridgehead atoms. The molecule has 0 saturated heterocycles. The molecule has 2 rings (SSSR count). The molecule has 0 saturated carbocycles. The Labute approximate surface area is 164 Å². The zero-order valence-corrected chi connectivity index (χ0v) is 16.6. The molecule has 27 heavy (non-hydrogen) atoms. The molecule has 0 aliphatic carbocycles. The van der Waals surface area contributed by atoms with Gasteiger partial charge in [0.2, 0.25) is 10.0 Å². The van der Waals surface area contributed by atoms with Crippen LogP contribution >= 0.6 is 15.9 Å². The number of anilines is 1. The van der Waals surface area contributed by atoms with Crippen molar-refractivity contribution in [2.45, 2.75) is 0 Å². The monoisotopic (exact) mass is 453 g/mol. The summed E-state index contributed by atoms with van der Waals surface area (Å²) in [6, 6.07) is 12.7. The highest BCUT2D eigenvalue weighted by Gasteiger charge is 2.20. The molecule has 2 aromatic carbocycles. The number of amides is 1. The maximum absolute atomic E-state index is 12.1. The van der Waals surface area contributed by atoms with E-state index in [2.05, 4.69) is 26.5 Å². The summed E-state index contributed by atoms with van der Waals surface area (Å²) < 4.78 is 25.6. The Morgan fingerprint density at radius 2 is 1.93 bits per heavy atom. The number of hydrazone groups is 1. The van der Waals surface area contributed by atoms with Crippen molar-refractivity contribution >= 4 is 49.7 Å². The van der Waals surface area contributed by atoms with Crippen LogP contribution in [0.15, 0.2) is 58.1 Å². The molecule has 0 aromatic heterocycles. The zero-order chi connectivity index (χ0) is 20.0. The molecule has 1 amide bonds. The highest BCUT2D eigenvalue weighted by molar-refractivity contribution is 9.10. The Morgan fingerprint density at radius 1 is 1.22 bits per heavy atom. The van der Waals surface area contributed by atoms with Gasteiger partial charge in [-0.1, -0.05) is 40.2 Å². The molecule has 0 aliphatic heterocycles. The van der Waals surface area contributed by atoms with Gasteiger partial charge in [0.1, 0.15) is 6.54 Å². The molecule has 2 aromatic rings. The van der Waals surface area contributed by atoms with Gasteiger partial charge < -0.3 is 5.11 Å². The number of carboxylic acid groups (broad SMARTS) is 1. The third-order valence-corrected chi connectivity index (χ3v) is 5.00. The van der Waals surface area contributed by atoms with Gasteiger partial charge in [0.05, 0.1) is 23.7 Å². The van der Waals surface area contributed by atoms with Crippen LogP contribution in [0.4, 0.5) is 5.69 Å². The molecule has 0 atom stereocenters. The van der Waals surface area contributed by atoms with E-state index in [4.69, 9.17) is 5.11 Å². The van der Waals surface area contributed by atoms with E-state index < -0.39 is 28.4 Å². The van der Waals surface area contributed by atoms with Crippen molar-refractivity contribution in [3.8, 4) is 0 Å². The molecule has 0 aliphatic rings. The number of sulfonamides is 1. The SMILES string of the molecule is CS(=O)(=O)N(CC(=O)N/N=C\c1ccccc1C(=O)O)c1cccc(Br)c1. The minimum atomic E-state index is -3.70. The first-order valence-corrected chi connectivity index (χ1v) is 10.2. The summed E-state index contributed by atoms with van der Waals surface area (Å²) in [6.07, 6.45) is 2.18. The van der Waals surface area contributed by atoms with Crippen LogP contribution < -0.4 is 9.73 Å². The first-order chi connectivity index (χ1) is 12.7. The molecule has 2 N–H and O–H groups in total. The van der Waals surface area contributed by atoms with Crippen molar-refractivity contribution in [3.05, 3.63) is 64.1 Å². The zero-order valence-electron chi connectivity index (χ0n) is 14.2. The Morgan fingerprint density at radius 3 is 2.56 bits per heavy atom. The molecule has 0 radical (unpaired) electrons. The maximum atomic E-state index is 12.1. The van der Waals surface area contributed by atoms with Crippen molar-refractivity contribution < 1.29 is 23.1 Å². The van der Waals surface area contributed by atoms with Crippen molar-refractivity contribution in [1.29, 1.82) is 0 Å². The van der Waals surface area contributed by atoms with Crippen molar-refractivity contribution in [3.63, 3.8) is 0 Å². The maximum Gasteiger partial charge on any atom is 0.336 e. The number of halogens is 1. The Kier molecular flexibility index (Phi) is 6.70. The largest absolute Gasteiger partial charge is 0.478 e. The van der Waals surface area contributed by atoms with Gasteiger partial charge >= 0.3 is 5.97 Å². The number of nitrogens with zero attached hydrogens (tertiary/aromatic N) is 2. The smallest absolute Gasteiger partial charge is 0.336 e. The summed E-state index contributed by atoms with van der Waals surface area (Å²) in [5, 5.41) is 12.8. The fourth-order valence-electron chi connectivity index (χ4n) is 2.18. The van der Waals surface area contributed by atoms with Crippen molar-refractivity contribution in [2.24, 2.45) is 5.10 Å². The first kappa shape index (κ1) is 20.6. The van der Waals surface area contributed by atoms with Gasteiger partial charge in [-0.05, 0) is 24.3 Å². The molecular formula is C17H16BrN3O5S. The first-order valence-electron chi connectivity index (χ1n) is 7.56. The molecule has 142 valence electrons. The lowest BCUT2D eigenvalue weighted by molar-refractivity contribution is -0.119. The molecular weight excluding hydrogens is 438 g/mol.